The van der Waals surface area contributed by atoms with Crippen molar-refractivity contribution < 1.29 is 19.4 Å². The minimum Gasteiger partial charge on any atom is -0.507 e. The molecule has 0 radical (unpaired) electrons. The molecule has 6 nitrogen and oxygen atoms in total. The quantitative estimate of drug-likeness (QED) is 0.252. The van der Waals surface area contributed by atoms with E-state index >= 15 is 0 Å². The van der Waals surface area contributed by atoms with Crippen molar-refractivity contribution in [1.29, 1.82) is 0 Å². The lowest BCUT2D eigenvalue weighted by atomic mass is 9.94. The molecule has 1 unspecified atom stereocenters. The van der Waals surface area contributed by atoms with E-state index in [9.17, 15) is 14.7 Å². The number of ketones is 1. The maximum Gasteiger partial charge on any atom is 0.295 e. The normalized spacial score (nSPS) is 17.6. The third kappa shape index (κ3) is 5.46. The molecule has 1 N–H and O–H groups in total. The lowest BCUT2D eigenvalue weighted by molar-refractivity contribution is -0.139. The van der Waals surface area contributed by atoms with Crippen LogP contribution in [0.4, 0.5) is 0 Å². The molecule has 1 amide bonds. The molecule has 2 aromatic carbocycles. The molecule has 1 saturated heterocycles. The van der Waals surface area contributed by atoms with Gasteiger partial charge in [0.25, 0.3) is 11.7 Å². The van der Waals surface area contributed by atoms with Crippen LogP contribution in [0, 0.1) is 6.92 Å². The van der Waals surface area contributed by atoms with Gasteiger partial charge in [-0.05, 0) is 75.4 Å². The van der Waals surface area contributed by atoms with Gasteiger partial charge >= 0.3 is 0 Å². The van der Waals surface area contributed by atoms with Crippen LogP contribution in [0.5, 0.6) is 5.75 Å². The maximum atomic E-state index is 13.1. The van der Waals surface area contributed by atoms with Crippen LogP contribution < -0.4 is 4.74 Å². The number of amides is 1. The first-order valence-corrected chi connectivity index (χ1v) is 11.2. The Bertz CT molecular complexity index is 1080. The number of halogens is 1. The number of carbonyl (C=O) groups excluding carboxylic acids is 2. The van der Waals surface area contributed by atoms with Gasteiger partial charge in [-0.1, -0.05) is 36.4 Å². The first-order chi connectivity index (χ1) is 15.7. The molecule has 174 valence electrons. The number of nitrogens with zero attached hydrogens (tertiary/aromatic N) is 2. The molecule has 0 spiro atoms. The Morgan fingerprint density at radius 2 is 1.91 bits per heavy atom. The van der Waals surface area contributed by atoms with Gasteiger partial charge in [0.2, 0.25) is 0 Å². The first-order valence-electron chi connectivity index (χ1n) is 10.8. The van der Waals surface area contributed by atoms with E-state index in [-0.39, 0.29) is 11.3 Å². The Balaban J connectivity index is 2.07. The minimum atomic E-state index is -0.694. The first kappa shape index (κ1) is 24.6. The third-order valence-corrected chi connectivity index (χ3v) is 5.80. The van der Waals surface area contributed by atoms with Crippen molar-refractivity contribution in [3.05, 3.63) is 82.4 Å². The number of ether oxygens (including phenoxy) is 1. The summed E-state index contributed by atoms with van der Waals surface area (Å²) in [5, 5.41) is 11.8. The highest BCUT2D eigenvalue weighted by Gasteiger charge is 2.45. The molecule has 1 heterocycles. The lowest BCUT2D eigenvalue weighted by Gasteiger charge is -2.26. The van der Waals surface area contributed by atoms with Gasteiger partial charge in [-0.3, -0.25) is 9.59 Å². The highest BCUT2D eigenvalue weighted by atomic mass is 35.5. The van der Waals surface area contributed by atoms with Crippen LogP contribution in [0.3, 0.4) is 0 Å². The zero-order valence-corrected chi connectivity index (χ0v) is 19.9. The van der Waals surface area contributed by atoms with Gasteiger partial charge in [0, 0.05) is 17.1 Å². The molecule has 1 aliphatic rings. The Morgan fingerprint density at radius 3 is 2.52 bits per heavy atom. The van der Waals surface area contributed by atoms with E-state index in [0.29, 0.717) is 41.5 Å². The molecule has 1 aliphatic heterocycles. The standard InChI is InChI=1S/C26H29ClN2O4/c1-5-15-33-20-11-12-21(17(2)16-20)24(30)22-23(18-7-9-19(27)10-8-18)29(26(32)25(22)31)14-6-13-28(3)4/h5,7-12,16,23,30H,1,6,13-15H2,2-4H3/b24-22-. The fourth-order valence-corrected chi connectivity index (χ4v) is 4.08. The van der Waals surface area contributed by atoms with Gasteiger partial charge in [0.15, 0.2) is 0 Å². The predicted octanol–water partition coefficient (Wildman–Crippen LogP) is 4.59. The number of likely N-dealkylation sites (tertiary alicyclic amines) is 1. The number of hydrogen-bond acceptors (Lipinski definition) is 5. The van der Waals surface area contributed by atoms with Crippen LogP contribution in [-0.4, -0.2) is 60.4 Å². The van der Waals surface area contributed by atoms with Gasteiger partial charge in [0.05, 0.1) is 11.6 Å². The molecule has 3 rings (SSSR count). The maximum absolute atomic E-state index is 13.1. The summed E-state index contributed by atoms with van der Waals surface area (Å²) in [6.45, 7) is 6.97. The molecule has 1 atom stereocenters. The van der Waals surface area contributed by atoms with Gasteiger partial charge in [0.1, 0.15) is 18.1 Å². The monoisotopic (exact) mass is 468 g/mol. The second-order valence-corrected chi connectivity index (χ2v) is 8.71. The predicted molar refractivity (Wildman–Crippen MR) is 131 cm³/mol. The van der Waals surface area contributed by atoms with E-state index in [1.54, 1.807) is 48.5 Å². The van der Waals surface area contributed by atoms with E-state index in [0.717, 1.165) is 12.1 Å². The van der Waals surface area contributed by atoms with Crippen molar-refractivity contribution in [2.75, 3.05) is 33.8 Å². The van der Waals surface area contributed by atoms with E-state index in [1.165, 1.54) is 4.90 Å². The molecular weight excluding hydrogens is 440 g/mol. The van der Waals surface area contributed by atoms with Crippen molar-refractivity contribution in [1.82, 2.24) is 9.80 Å². The summed E-state index contributed by atoms with van der Waals surface area (Å²) in [6.07, 6.45) is 2.34. The highest BCUT2D eigenvalue weighted by molar-refractivity contribution is 6.46. The summed E-state index contributed by atoms with van der Waals surface area (Å²) >= 11 is 6.06. The second-order valence-electron chi connectivity index (χ2n) is 8.28. The summed E-state index contributed by atoms with van der Waals surface area (Å²) in [4.78, 5) is 29.7. The largest absolute Gasteiger partial charge is 0.507 e. The number of aliphatic hydroxyl groups excluding tert-OH is 1. The number of Topliss-reactive ketones (excluding diaryl/α,β-unsaturated/α-hetero) is 1. The average molecular weight is 469 g/mol. The van der Waals surface area contributed by atoms with Crippen LogP contribution in [-0.2, 0) is 9.59 Å². The summed E-state index contributed by atoms with van der Waals surface area (Å²) in [7, 11) is 3.91. The molecule has 33 heavy (non-hydrogen) atoms. The number of hydrogen-bond donors (Lipinski definition) is 1. The van der Waals surface area contributed by atoms with Gasteiger partial charge in [-0.25, -0.2) is 0 Å². The zero-order valence-electron chi connectivity index (χ0n) is 19.2. The van der Waals surface area contributed by atoms with Crippen LogP contribution in [0.2, 0.25) is 5.02 Å². The van der Waals surface area contributed by atoms with Crippen LogP contribution in [0.1, 0.15) is 29.2 Å². The number of rotatable bonds is 9. The average Bonchev–Trinajstić information content (AvgIpc) is 3.02. The molecular formula is C26H29ClN2O4. The van der Waals surface area contributed by atoms with E-state index in [4.69, 9.17) is 16.3 Å². The minimum absolute atomic E-state index is 0.0787. The molecule has 7 heteroatoms. The number of aryl methyl sites for hydroxylation is 1. The zero-order chi connectivity index (χ0) is 24.1. The molecule has 0 aromatic heterocycles. The molecule has 1 fully saturated rings. The van der Waals surface area contributed by atoms with Crippen molar-refractivity contribution >= 4 is 29.1 Å². The van der Waals surface area contributed by atoms with Gasteiger partial charge in [-0.2, -0.15) is 0 Å². The lowest BCUT2D eigenvalue weighted by Crippen LogP contribution is -2.32. The van der Waals surface area contributed by atoms with Gasteiger partial charge < -0.3 is 19.6 Å². The van der Waals surface area contributed by atoms with E-state index in [1.807, 2.05) is 25.9 Å². The topological polar surface area (TPSA) is 70.1 Å². The van der Waals surface area contributed by atoms with Crippen LogP contribution >= 0.6 is 11.6 Å². The molecule has 0 bridgehead atoms. The second kappa shape index (κ2) is 10.7. The molecule has 0 aliphatic carbocycles. The summed E-state index contributed by atoms with van der Waals surface area (Å²) in [5.74, 6) is -0.874. The molecule has 2 aromatic rings. The molecule has 0 saturated carbocycles. The van der Waals surface area contributed by atoms with E-state index < -0.39 is 17.7 Å². The summed E-state index contributed by atoms with van der Waals surface area (Å²) < 4.78 is 5.56. The number of carbonyl (C=O) groups is 2. The smallest absolute Gasteiger partial charge is 0.295 e. The van der Waals surface area contributed by atoms with Crippen LogP contribution in [0.25, 0.3) is 5.76 Å². The Morgan fingerprint density at radius 1 is 1.21 bits per heavy atom. The van der Waals surface area contributed by atoms with Crippen molar-refractivity contribution in [3.8, 4) is 5.75 Å². The summed E-state index contributed by atoms with van der Waals surface area (Å²) in [6, 6.07) is 11.5. The van der Waals surface area contributed by atoms with E-state index in [2.05, 4.69) is 6.58 Å². The van der Waals surface area contributed by atoms with Crippen molar-refractivity contribution in [3.63, 3.8) is 0 Å². The summed E-state index contributed by atoms with van der Waals surface area (Å²) in [5.41, 5.74) is 2.00. The third-order valence-electron chi connectivity index (χ3n) is 5.55. The van der Waals surface area contributed by atoms with Crippen molar-refractivity contribution in [2.45, 2.75) is 19.4 Å². The number of aliphatic hydroxyl groups is 1. The number of benzene rings is 2. The van der Waals surface area contributed by atoms with Crippen molar-refractivity contribution in [2.24, 2.45) is 0 Å². The van der Waals surface area contributed by atoms with Gasteiger partial charge in [-0.15, -0.1) is 0 Å². The fourth-order valence-electron chi connectivity index (χ4n) is 3.95. The Hall–Kier alpha value is -3.09. The Labute approximate surface area is 199 Å². The SMILES string of the molecule is C=CCOc1ccc(/C(O)=C2/C(=O)C(=O)N(CCCN(C)C)C2c2ccc(Cl)cc2)c(C)c1. The van der Waals surface area contributed by atoms with Crippen LogP contribution in [0.15, 0.2) is 60.7 Å². The Kier molecular flexibility index (Phi) is 7.95. The highest BCUT2D eigenvalue weighted by Crippen LogP contribution is 2.40. The fraction of sp³-hybridized carbons (Fsp3) is 0.308.